The lowest BCUT2D eigenvalue weighted by atomic mass is 9.94. The van der Waals surface area contributed by atoms with Crippen LogP contribution in [0.3, 0.4) is 0 Å². The molecule has 1 fully saturated rings. The molecule has 0 spiro atoms. The Morgan fingerprint density at radius 3 is 2.42 bits per heavy atom. The van der Waals surface area contributed by atoms with E-state index in [1.165, 1.54) is 12.1 Å². The molecular formula is C19H23FIN3O2. The summed E-state index contributed by atoms with van der Waals surface area (Å²) in [6.07, 6.45) is 3.43. The van der Waals surface area contributed by atoms with Gasteiger partial charge in [0.1, 0.15) is 11.4 Å². The molecule has 0 unspecified atom stereocenters. The summed E-state index contributed by atoms with van der Waals surface area (Å²) in [4.78, 5) is 14.0. The number of aromatic nitrogens is 2. The van der Waals surface area contributed by atoms with Crippen LogP contribution in [-0.2, 0) is 4.74 Å². The Hall–Kier alpha value is -1.64. The van der Waals surface area contributed by atoms with Crippen LogP contribution in [0.5, 0.6) is 0 Å². The molecule has 0 atom stereocenters. The first-order valence-electron chi connectivity index (χ1n) is 8.72. The Morgan fingerprint density at radius 2 is 1.85 bits per heavy atom. The monoisotopic (exact) mass is 471 g/mol. The van der Waals surface area contributed by atoms with Crippen molar-refractivity contribution in [3.05, 3.63) is 45.5 Å². The van der Waals surface area contributed by atoms with Crippen LogP contribution in [0.15, 0.2) is 30.5 Å². The van der Waals surface area contributed by atoms with Gasteiger partial charge in [-0.3, -0.25) is 0 Å². The van der Waals surface area contributed by atoms with Crippen molar-refractivity contribution in [1.82, 2.24) is 14.7 Å². The minimum Gasteiger partial charge on any atom is -0.444 e. The van der Waals surface area contributed by atoms with Gasteiger partial charge in [0, 0.05) is 25.2 Å². The van der Waals surface area contributed by atoms with Crippen LogP contribution in [0.2, 0.25) is 0 Å². The van der Waals surface area contributed by atoms with Gasteiger partial charge >= 0.3 is 6.09 Å². The molecule has 5 nitrogen and oxygen atoms in total. The predicted octanol–water partition coefficient (Wildman–Crippen LogP) is 4.73. The number of carbonyl (C=O) groups excluding carboxylic acids is 1. The third kappa shape index (κ3) is 4.55. The first-order valence-corrected chi connectivity index (χ1v) is 9.80. The molecule has 0 aliphatic carbocycles. The molecular weight excluding hydrogens is 448 g/mol. The third-order valence-electron chi connectivity index (χ3n) is 4.32. The second-order valence-electron chi connectivity index (χ2n) is 7.52. The number of amides is 1. The first-order chi connectivity index (χ1) is 12.2. The van der Waals surface area contributed by atoms with E-state index in [4.69, 9.17) is 9.84 Å². The zero-order valence-electron chi connectivity index (χ0n) is 15.2. The van der Waals surface area contributed by atoms with Gasteiger partial charge < -0.3 is 9.64 Å². The lowest BCUT2D eigenvalue weighted by molar-refractivity contribution is 0.0204. The Balaban J connectivity index is 1.66. The number of piperidine rings is 1. The van der Waals surface area contributed by atoms with E-state index in [1.807, 2.05) is 27.0 Å². The zero-order valence-corrected chi connectivity index (χ0v) is 17.4. The Bertz CT molecular complexity index is 775. The van der Waals surface area contributed by atoms with Crippen molar-refractivity contribution in [2.45, 2.75) is 45.1 Å². The minimum absolute atomic E-state index is 0.248. The maximum absolute atomic E-state index is 13.1. The number of nitrogens with zero attached hydrogens (tertiary/aromatic N) is 3. The highest BCUT2D eigenvalue weighted by Crippen LogP contribution is 2.31. The van der Waals surface area contributed by atoms with Crippen LogP contribution in [0.1, 0.15) is 45.2 Å². The van der Waals surface area contributed by atoms with E-state index >= 15 is 0 Å². The van der Waals surface area contributed by atoms with E-state index in [0.717, 1.165) is 27.8 Å². The number of hydrogen-bond donors (Lipinski definition) is 0. The largest absolute Gasteiger partial charge is 0.444 e. The highest BCUT2D eigenvalue weighted by molar-refractivity contribution is 14.1. The number of rotatable bonds is 2. The number of likely N-dealkylation sites (tertiary alicyclic amines) is 1. The van der Waals surface area contributed by atoms with Crippen LogP contribution < -0.4 is 0 Å². The van der Waals surface area contributed by atoms with E-state index in [9.17, 15) is 9.18 Å². The van der Waals surface area contributed by atoms with Gasteiger partial charge in [-0.2, -0.15) is 5.10 Å². The molecule has 26 heavy (non-hydrogen) atoms. The van der Waals surface area contributed by atoms with Crippen LogP contribution in [-0.4, -0.2) is 39.5 Å². The molecule has 0 bridgehead atoms. The van der Waals surface area contributed by atoms with Gasteiger partial charge in [-0.1, -0.05) is 0 Å². The molecule has 0 saturated carbocycles. The average molecular weight is 471 g/mol. The van der Waals surface area contributed by atoms with E-state index in [-0.39, 0.29) is 11.9 Å². The number of carbonyl (C=O) groups is 1. The second kappa shape index (κ2) is 7.54. The maximum Gasteiger partial charge on any atom is 0.410 e. The second-order valence-corrected chi connectivity index (χ2v) is 8.69. The summed E-state index contributed by atoms with van der Waals surface area (Å²) >= 11 is 2.29. The highest BCUT2D eigenvalue weighted by atomic mass is 127. The summed E-state index contributed by atoms with van der Waals surface area (Å²) < 4.78 is 21.4. The standard InChI is InChI=1S/C19H23FIN3O2/c1-19(2,3)26-18(25)23-10-8-13(9-11-23)17-16(21)12-24(22-17)15-6-4-14(20)5-7-15/h4-7,12-13H,8-11H2,1-3H3. The van der Waals surface area contributed by atoms with Gasteiger partial charge in [0.2, 0.25) is 0 Å². The highest BCUT2D eigenvalue weighted by Gasteiger charge is 2.29. The van der Waals surface area contributed by atoms with E-state index in [0.29, 0.717) is 19.0 Å². The molecule has 0 N–H and O–H groups in total. The van der Waals surface area contributed by atoms with Gasteiger partial charge in [-0.25, -0.2) is 13.9 Å². The van der Waals surface area contributed by atoms with Crippen molar-refractivity contribution in [3.63, 3.8) is 0 Å². The zero-order chi connectivity index (χ0) is 18.9. The van der Waals surface area contributed by atoms with Crippen molar-refractivity contribution >= 4 is 28.7 Å². The number of halogens is 2. The summed E-state index contributed by atoms with van der Waals surface area (Å²) in [5, 5.41) is 4.71. The van der Waals surface area contributed by atoms with Crippen LogP contribution in [0.4, 0.5) is 9.18 Å². The Kier molecular flexibility index (Phi) is 5.55. The number of hydrogen-bond acceptors (Lipinski definition) is 3. The average Bonchev–Trinajstić information content (AvgIpc) is 2.96. The van der Waals surface area contributed by atoms with Crippen molar-refractivity contribution < 1.29 is 13.9 Å². The van der Waals surface area contributed by atoms with Gasteiger partial charge in [0.25, 0.3) is 0 Å². The smallest absolute Gasteiger partial charge is 0.410 e. The molecule has 1 aromatic carbocycles. The molecule has 1 aliphatic rings. The first kappa shape index (κ1) is 19.1. The van der Waals surface area contributed by atoms with Crippen LogP contribution >= 0.6 is 22.6 Å². The minimum atomic E-state index is -0.475. The topological polar surface area (TPSA) is 47.4 Å². The Morgan fingerprint density at radius 1 is 1.23 bits per heavy atom. The fraction of sp³-hybridized carbons (Fsp3) is 0.474. The summed E-state index contributed by atoms with van der Waals surface area (Å²) in [6, 6.07) is 6.30. The fourth-order valence-corrected chi connectivity index (χ4v) is 3.84. The van der Waals surface area contributed by atoms with Gasteiger partial charge in [-0.05, 0) is 80.5 Å². The van der Waals surface area contributed by atoms with Crippen molar-refractivity contribution in [2.24, 2.45) is 0 Å². The molecule has 7 heteroatoms. The molecule has 3 rings (SSSR count). The van der Waals surface area contributed by atoms with Crippen molar-refractivity contribution in [3.8, 4) is 5.69 Å². The van der Waals surface area contributed by atoms with Crippen LogP contribution in [0, 0.1) is 9.39 Å². The molecule has 1 aliphatic heterocycles. The van der Waals surface area contributed by atoms with Crippen molar-refractivity contribution in [1.29, 1.82) is 0 Å². The third-order valence-corrected chi connectivity index (χ3v) is 5.15. The van der Waals surface area contributed by atoms with Gasteiger partial charge in [0.15, 0.2) is 0 Å². The van der Waals surface area contributed by atoms with E-state index in [2.05, 4.69) is 22.6 Å². The van der Waals surface area contributed by atoms with E-state index in [1.54, 1.807) is 21.7 Å². The molecule has 1 saturated heterocycles. The van der Waals surface area contributed by atoms with E-state index < -0.39 is 5.60 Å². The molecule has 1 amide bonds. The van der Waals surface area contributed by atoms with Crippen LogP contribution in [0.25, 0.3) is 5.69 Å². The number of benzene rings is 1. The molecule has 1 aromatic heterocycles. The maximum atomic E-state index is 13.1. The summed E-state index contributed by atoms with van der Waals surface area (Å²) in [7, 11) is 0. The number of ether oxygens (including phenoxy) is 1. The fourth-order valence-electron chi connectivity index (χ4n) is 3.03. The predicted molar refractivity (Wildman–Crippen MR) is 106 cm³/mol. The molecule has 140 valence electrons. The molecule has 2 aromatic rings. The van der Waals surface area contributed by atoms with Gasteiger partial charge in [0.05, 0.1) is 15.0 Å². The molecule has 0 radical (unpaired) electrons. The van der Waals surface area contributed by atoms with Crippen molar-refractivity contribution in [2.75, 3.05) is 13.1 Å². The summed E-state index contributed by atoms with van der Waals surface area (Å²) in [5.74, 6) is 0.0487. The van der Waals surface area contributed by atoms with Gasteiger partial charge in [-0.15, -0.1) is 0 Å². The Labute approximate surface area is 166 Å². The summed E-state index contributed by atoms with van der Waals surface area (Å²) in [6.45, 7) is 6.96. The SMILES string of the molecule is CC(C)(C)OC(=O)N1CCC(c2nn(-c3ccc(F)cc3)cc2I)CC1. The lowest BCUT2D eigenvalue weighted by Gasteiger charge is -2.33. The summed E-state index contributed by atoms with van der Waals surface area (Å²) in [5.41, 5.74) is 1.40. The lowest BCUT2D eigenvalue weighted by Crippen LogP contribution is -2.41. The molecule has 2 heterocycles. The normalized spacial score (nSPS) is 16.0. The quantitative estimate of drug-likeness (QED) is 0.596.